The summed E-state index contributed by atoms with van der Waals surface area (Å²) in [5.41, 5.74) is 0.991. The Balaban J connectivity index is 1.48. The van der Waals surface area contributed by atoms with Crippen LogP contribution in [0.1, 0.15) is 68.0 Å². The van der Waals surface area contributed by atoms with E-state index in [1.165, 1.54) is 6.92 Å². The Bertz CT molecular complexity index is 965. The van der Waals surface area contributed by atoms with Crippen LogP contribution in [0.2, 0.25) is 0 Å². The van der Waals surface area contributed by atoms with Gasteiger partial charge in [0.25, 0.3) is 0 Å². The van der Waals surface area contributed by atoms with Crippen molar-refractivity contribution >= 4 is 15.7 Å². The molecule has 2 saturated carbocycles. The Morgan fingerprint density at radius 2 is 1.86 bits per heavy atom. The van der Waals surface area contributed by atoms with Gasteiger partial charge >= 0.3 is 0 Å². The minimum atomic E-state index is -3.77. The van der Waals surface area contributed by atoms with Crippen LogP contribution < -0.4 is 0 Å². The summed E-state index contributed by atoms with van der Waals surface area (Å²) in [5, 5.41) is 2.90. The highest BCUT2D eigenvalue weighted by atomic mass is 32.2. The van der Waals surface area contributed by atoms with Gasteiger partial charge in [-0.25, -0.2) is 8.42 Å². The van der Waals surface area contributed by atoms with E-state index in [0.29, 0.717) is 18.3 Å². The molecule has 2 aliphatic carbocycles. The van der Waals surface area contributed by atoms with E-state index in [2.05, 4.69) is 10.1 Å². The summed E-state index contributed by atoms with van der Waals surface area (Å²) in [4.78, 5) is 19.0. The van der Waals surface area contributed by atoms with E-state index in [9.17, 15) is 13.2 Å². The molecule has 2 aromatic rings. The van der Waals surface area contributed by atoms with E-state index in [-0.39, 0.29) is 23.8 Å². The molecular formula is C21H27N3O4S. The monoisotopic (exact) mass is 417 g/mol. The summed E-state index contributed by atoms with van der Waals surface area (Å²) in [6.45, 7) is 3.93. The SMILES string of the molecule is C[C@H](c1nc(C2CC2)no1)S(=O)(=O)CC(=O)N(Cc1ccccc1)[C@@H](C)C1CC1. The van der Waals surface area contributed by atoms with Crippen LogP contribution in [0.15, 0.2) is 34.9 Å². The lowest BCUT2D eigenvalue weighted by atomic mass is 10.1. The maximum absolute atomic E-state index is 13.1. The molecule has 1 amide bonds. The van der Waals surface area contributed by atoms with Gasteiger partial charge in [-0.15, -0.1) is 0 Å². The number of carbonyl (C=O) groups excluding carboxylic acids is 1. The minimum Gasteiger partial charge on any atom is -0.338 e. The van der Waals surface area contributed by atoms with Gasteiger partial charge in [-0.3, -0.25) is 4.79 Å². The van der Waals surface area contributed by atoms with Crippen LogP contribution in [-0.4, -0.2) is 41.2 Å². The van der Waals surface area contributed by atoms with Gasteiger partial charge in [0.05, 0.1) is 0 Å². The molecule has 156 valence electrons. The largest absolute Gasteiger partial charge is 0.338 e. The first kappa shape index (κ1) is 20.1. The maximum atomic E-state index is 13.1. The van der Waals surface area contributed by atoms with E-state index in [0.717, 1.165) is 31.2 Å². The molecule has 8 heteroatoms. The van der Waals surface area contributed by atoms with Crippen molar-refractivity contribution in [2.45, 2.75) is 63.3 Å². The van der Waals surface area contributed by atoms with Gasteiger partial charge in [0.15, 0.2) is 15.7 Å². The Morgan fingerprint density at radius 3 is 2.48 bits per heavy atom. The molecule has 7 nitrogen and oxygen atoms in total. The van der Waals surface area contributed by atoms with Crippen molar-refractivity contribution < 1.29 is 17.7 Å². The summed E-state index contributed by atoms with van der Waals surface area (Å²) < 4.78 is 31.0. The van der Waals surface area contributed by atoms with E-state index in [1.54, 1.807) is 4.90 Å². The number of benzene rings is 1. The summed E-state index contributed by atoms with van der Waals surface area (Å²) >= 11 is 0. The molecule has 4 rings (SSSR count). The first-order valence-electron chi connectivity index (χ1n) is 10.2. The van der Waals surface area contributed by atoms with Crippen LogP contribution in [0, 0.1) is 5.92 Å². The van der Waals surface area contributed by atoms with Crippen LogP contribution in [0.25, 0.3) is 0 Å². The van der Waals surface area contributed by atoms with Gasteiger partial charge in [0, 0.05) is 18.5 Å². The molecule has 1 aromatic carbocycles. The summed E-state index contributed by atoms with van der Waals surface area (Å²) in [5.74, 6) is 0.441. The zero-order valence-electron chi connectivity index (χ0n) is 16.8. The highest BCUT2D eigenvalue weighted by molar-refractivity contribution is 7.92. The highest BCUT2D eigenvalue weighted by Crippen LogP contribution is 2.39. The zero-order chi connectivity index (χ0) is 20.6. The molecule has 0 aliphatic heterocycles. The van der Waals surface area contributed by atoms with Crippen molar-refractivity contribution in [2.24, 2.45) is 5.92 Å². The second-order valence-electron chi connectivity index (χ2n) is 8.30. The molecule has 2 fully saturated rings. The fourth-order valence-corrected chi connectivity index (χ4v) is 4.69. The fourth-order valence-electron chi connectivity index (χ4n) is 3.53. The molecule has 0 radical (unpaired) electrons. The standard InChI is InChI=1S/C21H27N3O4S/c1-14(17-8-9-17)24(12-16-6-4-3-5-7-16)19(25)13-29(26,27)15(2)21-22-20(23-28-21)18-10-11-18/h3-7,14-15,17-18H,8-13H2,1-2H3/t14-,15+/m0/s1. The molecule has 0 spiro atoms. The molecule has 2 atom stereocenters. The van der Waals surface area contributed by atoms with Gasteiger partial charge in [0.1, 0.15) is 11.0 Å². The van der Waals surface area contributed by atoms with Crippen molar-refractivity contribution in [1.29, 1.82) is 0 Å². The predicted octanol–water partition coefficient (Wildman–Crippen LogP) is 3.25. The third-order valence-electron chi connectivity index (χ3n) is 5.92. The Hall–Kier alpha value is -2.22. The van der Waals surface area contributed by atoms with Crippen LogP contribution in [0.5, 0.6) is 0 Å². The Labute approximate surface area is 171 Å². The number of aromatic nitrogens is 2. The average Bonchev–Trinajstić information content (AvgIpc) is 3.63. The zero-order valence-corrected chi connectivity index (χ0v) is 17.6. The van der Waals surface area contributed by atoms with E-state index in [4.69, 9.17) is 4.52 Å². The van der Waals surface area contributed by atoms with Crippen LogP contribution in [0.3, 0.4) is 0 Å². The molecule has 1 heterocycles. The summed E-state index contributed by atoms with van der Waals surface area (Å²) in [7, 11) is -3.77. The van der Waals surface area contributed by atoms with Crippen LogP contribution in [-0.2, 0) is 21.2 Å². The molecule has 1 aromatic heterocycles. The summed E-state index contributed by atoms with van der Waals surface area (Å²) in [6, 6.07) is 9.69. The Kier molecular flexibility index (Phi) is 5.46. The normalized spacial score (nSPS) is 19.0. The lowest BCUT2D eigenvalue weighted by Crippen LogP contribution is -2.42. The van der Waals surface area contributed by atoms with Gasteiger partial charge in [-0.05, 0) is 51.0 Å². The lowest BCUT2D eigenvalue weighted by Gasteiger charge is -2.30. The first-order valence-corrected chi connectivity index (χ1v) is 11.9. The maximum Gasteiger partial charge on any atom is 0.244 e. The van der Waals surface area contributed by atoms with E-state index in [1.807, 2.05) is 37.3 Å². The topological polar surface area (TPSA) is 93.4 Å². The third kappa shape index (κ3) is 4.69. The quantitative estimate of drug-likeness (QED) is 0.622. The van der Waals surface area contributed by atoms with Crippen molar-refractivity contribution in [1.82, 2.24) is 15.0 Å². The number of sulfone groups is 1. The molecule has 0 N–H and O–H groups in total. The summed E-state index contributed by atoms with van der Waals surface area (Å²) in [6.07, 6.45) is 4.17. The van der Waals surface area contributed by atoms with Gasteiger partial charge in [-0.2, -0.15) is 4.98 Å². The second kappa shape index (κ2) is 7.89. The van der Waals surface area contributed by atoms with Gasteiger partial charge in [0.2, 0.25) is 11.8 Å². The van der Waals surface area contributed by atoms with E-state index >= 15 is 0 Å². The molecular weight excluding hydrogens is 390 g/mol. The second-order valence-corrected chi connectivity index (χ2v) is 10.6. The van der Waals surface area contributed by atoms with Crippen molar-refractivity contribution in [3.8, 4) is 0 Å². The van der Waals surface area contributed by atoms with Crippen LogP contribution in [0.4, 0.5) is 0 Å². The number of amides is 1. The fraction of sp³-hybridized carbons (Fsp3) is 0.571. The Morgan fingerprint density at radius 1 is 1.17 bits per heavy atom. The highest BCUT2D eigenvalue weighted by Gasteiger charge is 2.38. The number of carbonyl (C=O) groups is 1. The number of hydrogen-bond acceptors (Lipinski definition) is 6. The van der Waals surface area contributed by atoms with E-state index < -0.39 is 20.8 Å². The first-order chi connectivity index (χ1) is 13.8. The smallest absolute Gasteiger partial charge is 0.244 e. The third-order valence-corrected chi connectivity index (χ3v) is 7.85. The predicted molar refractivity (Wildman–Crippen MR) is 108 cm³/mol. The van der Waals surface area contributed by atoms with Gasteiger partial charge in [-0.1, -0.05) is 35.5 Å². The van der Waals surface area contributed by atoms with Gasteiger partial charge < -0.3 is 9.42 Å². The van der Waals surface area contributed by atoms with Crippen molar-refractivity contribution in [2.75, 3.05) is 5.75 Å². The average molecular weight is 418 g/mol. The number of hydrogen-bond donors (Lipinski definition) is 0. The molecule has 0 unspecified atom stereocenters. The molecule has 2 aliphatic rings. The molecule has 0 bridgehead atoms. The van der Waals surface area contributed by atoms with Crippen molar-refractivity contribution in [3.63, 3.8) is 0 Å². The molecule has 0 saturated heterocycles. The number of rotatable bonds is 9. The number of nitrogens with zero attached hydrogens (tertiary/aromatic N) is 3. The minimum absolute atomic E-state index is 0.0121. The van der Waals surface area contributed by atoms with Crippen LogP contribution >= 0.6 is 0 Å². The lowest BCUT2D eigenvalue weighted by molar-refractivity contribution is -0.131. The molecule has 29 heavy (non-hydrogen) atoms. The van der Waals surface area contributed by atoms with Crippen molar-refractivity contribution in [3.05, 3.63) is 47.6 Å².